The van der Waals surface area contributed by atoms with Crippen LogP contribution in [0.25, 0.3) is 22.0 Å². The zero-order valence-corrected chi connectivity index (χ0v) is 11.7. The van der Waals surface area contributed by atoms with E-state index in [0.717, 1.165) is 40.4 Å². The highest BCUT2D eigenvalue weighted by atomic mass is 16.1. The van der Waals surface area contributed by atoms with Gasteiger partial charge in [0.05, 0.1) is 5.52 Å². The van der Waals surface area contributed by atoms with Crippen molar-refractivity contribution in [3.8, 4) is 11.1 Å². The molecular weight excluding hydrogens is 258 g/mol. The molecule has 0 N–H and O–H groups in total. The molecular formula is C19H15NO. The molecule has 2 heteroatoms. The largest absolute Gasteiger partial charge is 0.294 e. The quantitative estimate of drug-likeness (QED) is 0.657. The van der Waals surface area contributed by atoms with Crippen LogP contribution in [-0.4, -0.2) is 10.8 Å². The Morgan fingerprint density at radius 2 is 1.76 bits per heavy atom. The van der Waals surface area contributed by atoms with Crippen LogP contribution in [0.2, 0.25) is 0 Å². The third kappa shape index (κ3) is 2.13. The van der Waals surface area contributed by atoms with Crippen LogP contribution in [-0.2, 0) is 6.42 Å². The Morgan fingerprint density at radius 1 is 0.905 bits per heavy atom. The van der Waals surface area contributed by atoms with Crippen molar-refractivity contribution in [2.24, 2.45) is 0 Å². The minimum absolute atomic E-state index is 0.278. The Bertz CT molecular complexity index is 851. The minimum atomic E-state index is 0.278. The number of aromatic nitrogens is 1. The molecule has 0 bridgehead atoms. The summed E-state index contributed by atoms with van der Waals surface area (Å²) < 4.78 is 0. The number of fused-ring (bicyclic) bond motifs is 2. The van der Waals surface area contributed by atoms with E-state index in [1.165, 1.54) is 5.56 Å². The highest BCUT2D eigenvalue weighted by Crippen LogP contribution is 2.29. The molecule has 0 saturated heterocycles. The zero-order valence-electron chi connectivity index (χ0n) is 11.7. The SMILES string of the molecule is O=C1CCCc2ccc(-c3ccc4ncccc4c3)cc21. The second kappa shape index (κ2) is 4.81. The summed E-state index contributed by atoms with van der Waals surface area (Å²) in [4.78, 5) is 16.4. The third-order valence-electron chi connectivity index (χ3n) is 4.20. The maximum absolute atomic E-state index is 12.1. The number of ketones is 1. The smallest absolute Gasteiger partial charge is 0.163 e. The molecule has 2 nitrogen and oxygen atoms in total. The molecule has 21 heavy (non-hydrogen) atoms. The lowest BCUT2D eigenvalue weighted by Gasteiger charge is -2.15. The van der Waals surface area contributed by atoms with E-state index in [1.807, 2.05) is 18.2 Å². The number of pyridine rings is 1. The van der Waals surface area contributed by atoms with Crippen molar-refractivity contribution >= 4 is 16.7 Å². The molecule has 1 aliphatic carbocycles. The van der Waals surface area contributed by atoms with Crippen molar-refractivity contribution in [3.05, 3.63) is 65.9 Å². The van der Waals surface area contributed by atoms with Crippen LogP contribution in [0.3, 0.4) is 0 Å². The van der Waals surface area contributed by atoms with Crippen LogP contribution in [0.5, 0.6) is 0 Å². The lowest BCUT2D eigenvalue weighted by atomic mass is 9.88. The third-order valence-corrected chi connectivity index (χ3v) is 4.20. The summed E-state index contributed by atoms with van der Waals surface area (Å²) in [5, 5.41) is 1.12. The molecule has 0 atom stereocenters. The highest BCUT2D eigenvalue weighted by Gasteiger charge is 2.17. The van der Waals surface area contributed by atoms with E-state index in [-0.39, 0.29) is 5.78 Å². The molecule has 4 rings (SSSR count). The molecule has 0 unspecified atom stereocenters. The molecule has 1 heterocycles. The second-order valence-electron chi connectivity index (χ2n) is 5.56. The first-order valence-electron chi connectivity index (χ1n) is 7.32. The molecule has 0 radical (unpaired) electrons. The van der Waals surface area contributed by atoms with Crippen molar-refractivity contribution in [1.29, 1.82) is 0 Å². The average Bonchev–Trinajstić information content (AvgIpc) is 2.54. The lowest BCUT2D eigenvalue weighted by Crippen LogP contribution is -2.10. The molecule has 1 aliphatic rings. The summed E-state index contributed by atoms with van der Waals surface area (Å²) in [5.41, 5.74) is 5.34. The topological polar surface area (TPSA) is 30.0 Å². The minimum Gasteiger partial charge on any atom is -0.294 e. The zero-order chi connectivity index (χ0) is 14.2. The standard InChI is InChI=1S/C19H15NO/c21-19-5-1-3-13-6-7-15(12-17(13)19)14-8-9-18-16(11-14)4-2-10-20-18/h2,4,6-12H,1,3,5H2. The van der Waals surface area contributed by atoms with E-state index < -0.39 is 0 Å². The van der Waals surface area contributed by atoms with Gasteiger partial charge in [0, 0.05) is 23.6 Å². The van der Waals surface area contributed by atoms with Crippen molar-refractivity contribution in [3.63, 3.8) is 0 Å². The molecule has 1 aromatic heterocycles. The van der Waals surface area contributed by atoms with Gasteiger partial charge in [0.15, 0.2) is 5.78 Å². The Labute approximate surface area is 123 Å². The molecule has 0 saturated carbocycles. The molecule has 0 amide bonds. The first kappa shape index (κ1) is 12.3. The number of rotatable bonds is 1. The van der Waals surface area contributed by atoms with Gasteiger partial charge in [0.25, 0.3) is 0 Å². The van der Waals surface area contributed by atoms with E-state index in [2.05, 4.69) is 35.3 Å². The number of carbonyl (C=O) groups excluding carboxylic acids is 1. The van der Waals surface area contributed by atoms with Crippen LogP contribution in [0.1, 0.15) is 28.8 Å². The fourth-order valence-electron chi connectivity index (χ4n) is 3.06. The summed E-state index contributed by atoms with van der Waals surface area (Å²) >= 11 is 0. The van der Waals surface area contributed by atoms with E-state index in [0.29, 0.717) is 6.42 Å². The van der Waals surface area contributed by atoms with Gasteiger partial charge in [-0.2, -0.15) is 0 Å². The molecule has 102 valence electrons. The van der Waals surface area contributed by atoms with Crippen molar-refractivity contribution in [1.82, 2.24) is 4.98 Å². The number of aryl methyl sites for hydroxylation is 1. The van der Waals surface area contributed by atoms with E-state index in [9.17, 15) is 4.79 Å². The normalized spacial score (nSPS) is 14.2. The van der Waals surface area contributed by atoms with Crippen LogP contribution in [0.15, 0.2) is 54.7 Å². The molecule has 0 aliphatic heterocycles. The monoisotopic (exact) mass is 273 g/mol. The lowest BCUT2D eigenvalue weighted by molar-refractivity contribution is 0.0972. The molecule has 2 aromatic carbocycles. The van der Waals surface area contributed by atoms with E-state index >= 15 is 0 Å². The van der Waals surface area contributed by atoms with Crippen molar-refractivity contribution in [2.75, 3.05) is 0 Å². The van der Waals surface area contributed by atoms with E-state index in [1.54, 1.807) is 6.20 Å². The van der Waals surface area contributed by atoms with Crippen LogP contribution in [0, 0.1) is 0 Å². The maximum atomic E-state index is 12.1. The number of carbonyl (C=O) groups is 1. The Hall–Kier alpha value is -2.48. The molecule has 0 fully saturated rings. The molecule has 3 aromatic rings. The number of nitrogens with zero attached hydrogens (tertiary/aromatic N) is 1. The maximum Gasteiger partial charge on any atom is 0.163 e. The highest BCUT2D eigenvalue weighted by molar-refractivity contribution is 5.99. The first-order valence-corrected chi connectivity index (χ1v) is 7.32. The van der Waals surface area contributed by atoms with Crippen molar-refractivity contribution in [2.45, 2.75) is 19.3 Å². The summed E-state index contributed by atoms with van der Waals surface area (Å²) in [6.07, 6.45) is 4.48. The second-order valence-corrected chi connectivity index (χ2v) is 5.56. The Balaban J connectivity index is 1.84. The van der Waals surface area contributed by atoms with Gasteiger partial charge in [-0.3, -0.25) is 9.78 Å². The van der Waals surface area contributed by atoms with Crippen LogP contribution >= 0.6 is 0 Å². The summed E-state index contributed by atoms with van der Waals surface area (Å²) in [7, 11) is 0. The van der Waals surface area contributed by atoms with E-state index in [4.69, 9.17) is 0 Å². The Morgan fingerprint density at radius 3 is 2.71 bits per heavy atom. The number of hydrogen-bond acceptors (Lipinski definition) is 2. The predicted octanol–water partition coefficient (Wildman–Crippen LogP) is 4.42. The van der Waals surface area contributed by atoms with Gasteiger partial charge in [-0.05, 0) is 53.8 Å². The van der Waals surface area contributed by atoms with Gasteiger partial charge in [0.2, 0.25) is 0 Å². The molecule has 0 spiro atoms. The van der Waals surface area contributed by atoms with Crippen molar-refractivity contribution < 1.29 is 4.79 Å². The van der Waals surface area contributed by atoms with Crippen LogP contribution in [0.4, 0.5) is 0 Å². The predicted molar refractivity (Wildman–Crippen MR) is 84.4 cm³/mol. The fraction of sp³-hybridized carbons (Fsp3) is 0.158. The number of benzene rings is 2. The number of hydrogen-bond donors (Lipinski definition) is 0. The van der Waals surface area contributed by atoms with Gasteiger partial charge in [-0.25, -0.2) is 0 Å². The Kier molecular flexibility index (Phi) is 2.81. The summed E-state index contributed by atoms with van der Waals surface area (Å²) in [5.74, 6) is 0.278. The summed E-state index contributed by atoms with van der Waals surface area (Å²) in [6.45, 7) is 0. The summed E-state index contributed by atoms with van der Waals surface area (Å²) in [6, 6.07) is 16.5. The van der Waals surface area contributed by atoms with Gasteiger partial charge in [0.1, 0.15) is 0 Å². The fourth-order valence-corrected chi connectivity index (χ4v) is 3.06. The first-order chi connectivity index (χ1) is 10.3. The van der Waals surface area contributed by atoms with Gasteiger partial charge in [-0.15, -0.1) is 0 Å². The average molecular weight is 273 g/mol. The van der Waals surface area contributed by atoms with Gasteiger partial charge in [-0.1, -0.05) is 24.3 Å². The van der Waals surface area contributed by atoms with Crippen LogP contribution < -0.4 is 0 Å². The van der Waals surface area contributed by atoms with Gasteiger partial charge >= 0.3 is 0 Å². The van der Waals surface area contributed by atoms with Gasteiger partial charge < -0.3 is 0 Å². The number of Topliss-reactive ketones (excluding diaryl/α,β-unsaturated/α-hetero) is 1.